The molecule has 0 aliphatic rings. The van der Waals surface area contributed by atoms with E-state index >= 15 is 0 Å². The van der Waals surface area contributed by atoms with E-state index in [9.17, 15) is 0 Å². The fourth-order valence-corrected chi connectivity index (χ4v) is 2.73. The first-order chi connectivity index (χ1) is 8.74. The quantitative estimate of drug-likeness (QED) is 0.812. The fourth-order valence-electron chi connectivity index (χ4n) is 1.69. The summed E-state index contributed by atoms with van der Waals surface area (Å²) >= 11 is 1.67. The minimum atomic E-state index is 0.207. The van der Waals surface area contributed by atoms with Crippen molar-refractivity contribution in [3.8, 4) is 0 Å². The highest BCUT2D eigenvalue weighted by molar-refractivity contribution is 7.99. The monoisotopic (exact) mass is 262 g/mol. The summed E-state index contributed by atoms with van der Waals surface area (Å²) in [5, 5.41) is 11.2. The number of fused-ring (bicyclic) bond motifs is 1. The molecule has 1 heterocycles. The van der Waals surface area contributed by atoms with Crippen LogP contribution in [-0.2, 0) is 6.54 Å². The second-order valence-electron chi connectivity index (χ2n) is 4.45. The van der Waals surface area contributed by atoms with E-state index in [0.29, 0.717) is 6.54 Å². The number of hydrogen-bond acceptors (Lipinski definition) is 4. The van der Waals surface area contributed by atoms with Gasteiger partial charge in [-0.05, 0) is 23.6 Å². The third-order valence-corrected chi connectivity index (χ3v) is 4.16. The molecule has 0 amide bonds. The van der Waals surface area contributed by atoms with Crippen molar-refractivity contribution >= 4 is 22.7 Å². The Morgan fingerprint density at radius 1 is 1.39 bits per heavy atom. The summed E-state index contributed by atoms with van der Waals surface area (Å²) in [6.45, 7) is 2.72. The molecular weight excluding hydrogens is 244 g/mol. The van der Waals surface area contributed by atoms with Crippen LogP contribution in [0.2, 0.25) is 0 Å². The Morgan fingerprint density at radius 3 is 2.89 bits per heavy atom. The van der Waals surface area contributed by atoms with Gasteiger partial charge in [0.2, 0.25) is 0 Å². The molecule has 0 saturated carbocycles. The second-order valence-corrected chi connectivity index (χ2v) is 5.46. The summed E-state index contributed by atoms with van der Waals surface area (Å²) in [4.78, 5) is 4.65. The molecule has 3 nitrogen and oxygen atoms in total. The Bertz CT molecular complexity index is 530. The minimum Gasteiger partial charge on any atom is -0.396 e. The first-order valence-electron chi connectivity index (χ1n) is 6.07. The zero-order chi connectivity index (χ0) is 13.0. The van der Waals surface area contributed by atoms with Gasteiger partial charge >= 0.3 is 0 Å². The van der Waals surface area contributed by atoms with Crippen molar-refractivity contribution in [3.63, 3.8) is 0 Å². The molecule has 4 heteroatoms. The molecule has 18 heavy (non-hydrogen) atoms. The number of thioether (sulfide) groups is 1. The van der Waals surface area contributed by atoms with E-state index in [2.05, 4.69) is 11.1 Å². The third-order valence-electron chi connectivity index (χ3n) is 2.80. The Labute approximate surface area is 111 Å². The lowest BCUT2D eigenvalue weighted by Crippen LogP contribution is -2.06. The van der Waals surface area contributed by atoms with Crippen LogP contribution in [0.25, 0.3) is 10.9 Å². The molecule has 96 valence electrons. The number of pyridine rings is 1. The van der Waals surface area contributed by atoms with Crippen molar-refractivity contribution in [2.45, 2.75) is 18.5 Å². The molecule has 0 spiro atoms. The molecule has 2 aromatic rings. The van der Waals surface area contributed by atoms with Gasteiger partial charge in [0.1, 0.15) is 5.03 Å². The number of benzene rings is 1. The molecule has 0 aliphatic heterocycles. The maximum absolute atomic E-state index is 9.05. The van der Waals surface area contributed by atoms with Crippen LogP contribution in [-0.4, -0.2) is 22.5 Å². The van der Waals surface area contributed by atoms with Crippen molar-refractivity contribution in [2.75, 3.05) is 12.4 Å². The van der Waals surface area contributed by atoms with Gasteiger partial charge < -0.3 is 10.8 Å². The lowest BCUT2D eigenvalue weighted by Gasteiger charge is -2.11. The predicted molar refractivity (Wildman–Crippen MR) is 76.6 cm³/mol. The summed E-state index contributed by atoms with van der Waals surface area (Å²) in [5.74, 6) is 1.13. The van der Waals surface area contributed by atoms with Gasteiger partial charge in [0.05, 0.1) is 5.52 Å². The van der Waals surface area contributed by atoms with Crippen LogP contribution in [0.5, 0.6) is 0 Å². The van der Waals surface area contributed by atoms with Crippen molar-refractivity contribution in [1.29, 1.82) is 0 Å². The Kier molecular flexibility index (Phi) is 4.58. The number of nitrogens with two attached hydrogens (primary N) is 1. The largest absolute Gasteiger partial charge is 0.396 e. The SMILES string of the molecule is CC(CO)CSc1nc2ccccc2cc1CN. The number of nitrogens with zero attached hydrogens (tertiary/aromatic N) is 1. The van der Waals surface area contributed by atoms with Crippen molar-refractivity contribution in [3.05, 3.63) is 35.9 Å². The summed E-state index contributed by atoms with van der Waals surface area (Å²) in [6, 6.07) is 10.2. The van der Waals surface area contributed by atoms with E-state index in [1.807, 2.05) is 31.2 Å². The molecule has 0 fully saturated rings. The van der Waals surface area contributed by atoms with Crippen molar-refractivity contribution in [2.24, 2.45) is 11.7 Å². The third kappa shape index (κ3) is 3.02. The van der Waals surface area contributed by atoms with Crippen molar-refractivity contribution < 1.29 is 5.11 Å². The highest BCUT2D eigenvalue weighted by Gasteiger charge is 2.08. The summed E-state index contributed by atoms with van der Waals surface area (Å²) in [5.41, 5.74) is 7.85. The van der Waals surface area contributed by atoms with Crippen LogP contribution in [0.15, 0.2) is 35.4 Å². The Balaban J connectivity index is 2.30. The van der Waals surface area contributed by atoms with Gasteiger partial charge in [-0.1, -0.05) is 25.1 Å². The first kappa shape index (κ1) is 13.3. The zero-order valence-electron chi connectivity index (χ0n) is 10.5. The standard InChI is InChI=1S/C14H18N2OS/c1-10(8-17)9-18-14-12(7-15)6-11-4-2-3-5-13(11)16-14/h2-6,10,17H,7-9,15H2,1H3. The normalized spacial score (nSPS) is 12.8. The Morgan fingerprint density at radius 2 is 2.17 bits per heavy atom. The van der Waals surface area contributed by atoms with Crippen LogP contribution in [0.1, 0.15) is 12.5 Å². The van der Waals surface area contributed by atoms with Crippen molar-refractivity contribution in [1.82, 2.24) is 4.98 Å². The average Bonchev–Trinajstić information content (AvgIpc) is 2.43. The topological polar surface area (TPSA) is 59.1 Å². The van der Waals surface area contributed by atoms with Gasteiger partial charge in [-0.2, -0.15) is 0 Å². The van der Waals surface area contributed by atoms with Gasteiger partial charge in [-0.15, -0.1) is 11.8 Å². The molecule has 0 bridgehead atoms. The second kappa shape index (κ2) is 6.18. The molecule has 3 N–H and O–H groups in total. The highest BCUT2D eigenvalue weighted by atomic mass is 32.2. The van der Waals surface area contributed by atoms with Crippen LogP contribution < -0.4 is 5.73 Å². The lowest BCUT2D eigenvalue weighted by atomic mass is 10.1. The van der Waals surface area contributed by atoms with E-state index < -0.39 is 0 Å². The molecule has 0 aliphatic carbocycles. The molecule has 2 rings (SSSR count). The predicted octanol–water partition coefficient (Wildman–Crippen LogP) is 2.41. The summed E-state index contributed by atoms with van der Waals surface area (Å²) in [7, 11) is 0. The number of para-hydroxylation sites is 1. The van der Waals surface area contributed by atoms with Crippen LogP contribution in [0, 0.1) is 5.92 Å². The highest BCUT2D eigenvalue weighted by Crippen LogP contribution is 2.26. The maximum atomic E-state index is 9.05. The maximum Gasteiger partial charge on any atom is 0.101 e. The van der Waals surface area contributed by atoms with E-state index in [4.69, 9.17) is 10.8 Å². The molecule has 1 aromatic carbocycles. The number of rotatable bonds is 5. The van der Waals surface area contributed by atoms with E-state index in [1.54, 1.807) is 11.8 Å². The van der Waals surface area contributed by atoms with Gasteiger partial charge in [0.15, 0.2) is 0 Å². The number of aliphatic hydroxyl groups excluding tert-OH is 1. The minimum absolute atomic E-state index is 0.207. The van der Waals surface area contributed by atoms with Gasteiger partial charge in [0.25, 0.3) is 0 Å². The van der Waals surface area contributed by atoms with E-state index in [-0.39, 0.29) is 12.5 Å². The Hall–Kier alpha value is -1.10. The van der Waals surface area contributed by atoms with Gasteiger partial charge in [-0.25, -0.2) is 4.98 Å². The van der Waals surface area contributed by atoms with E-state index in [1.165, 1.54) is 0 Å². The lowest BCUT2D eigenvalue weighted by molar-refractivity contribution is 0.250. The summed E-state index contributed by atoms with van der Waals surface area (Å²) < 4.78 is 0. The molecular formula is C14H18N2OS. The fraction of sp³-hybridized carbons (Fsp3) is 0.357. The first-order valence-corrected chi connectivity index (χ1v) is 7.05. The summed E-state index contributed by atoms with van der Waals surface area (Å²) in [6.07, 6.45) is 0. The molecule has 0 radical (unpaired) electrons. The zero-order valence-corrected chi connectivity index (χ0v) is 11.3. The molecule has 1 atom stereocenters. The number of aliphatic hydroxyl groups is 1. The molecule has 0 saturated heterocycles. The number of hydrogen-bond donors (Lipinski definition) is 2. The van der Waals surface area contributed by atoms with Gasteiger partial charge in [-0.3, -0.25) is 0 Å². The molecule has 1 unspecified atom stereocenters. The average molecular weight is 262 g/mol. The van der Waals surface area contributed by atoms with Crippen LogP contribution >= 0.6 is 11.8 Å². The van der Waals surface area contributed by atoms with Crippen LogP contribution in [0.3, 0.4) is 0 Å². The van der Waals surface area contributed by atoms with E-state index in [0.717, 1.165) is 27.2 Å². The molecule has 1 aromatic heterocycles. The van der Waals surface area contributed by atoms with Crippen LogP contribution in [0.4, 0.5) is 0 Å². The number of aromatic nitrogens is 1. The smallest absolute Gasteiger partial charge is 0.101 e. The van der Waals surface area contributed by atoms with Gasteiger partial charge in [0, 0.05) is 24.3 Å².